The van der Waals surface area contributed by atoms with Gasteiger partial charge in [-0.05, 0) is 69.8 Å². The number of morpholine rings is 1. The van der Waals surface area contributed by atoms with Gasteiger partial charge in [0.05, 0.1) is 43.5 Å². The Bertz CT molecular complexity index is 1310. The van der Waals surface area contributed by atoms with Gasteiger partial charge < -0.3 is 34.9 Å². The van der Waals surface area contributed by atoms with Crippen molar-refractivity contribution in [3.8, 4) is 0 Å². The van der Waals surface area contributed by atoms with Crippen molar-refractivity contribution >= 4 is 17.7 Å². The fourth-order valence-corrected chi connectivity index (χ4v) is 8.83. The lowest BCUT2D eigenvalue weighted by Crippen LogP contribution is -2.58. The van der Waals surface area contributed by atoms with E-state index in [1.54, 1.807) is 7.11 Å². The van der Waals surface area contributed by atoms with Crippen molar-refractivity contribution in [3.05, 3.63) is 35.9 Å². The Labute approximate surface area is 343 Å². The molecule has 324 valence electrons. The van der Waals surface area contributed by atoms with Crippen LogP contribution in [0.3, 0.4) is 0 Å². The van der Waals surface area contributed by atoms with Gasteiger partial charge >= 0.3 is 0 Å². The lowest BCUT2D eigenvalue weighted by atomic mass is 9.81. The van der Waals surface area contributed by atoms with Crippen LogP contribution >= 0.6 is 0 Å². The molecule has 12 nitrogen and oxygen atoms in total. The highest BCUT2D eigenvalue weighted by Gasteiger charge is 2.37. The molecule has 1 aromatic rings. The Balaban J connectivity index is 1.49. The van der Waals surface area contributed by atoms with E-state index < -0.39 is 30.1 Å². The Morgan fingerprint density at radius 1 is 0.947 bits per heavy atom. The number of piperidine rings is 1. The number of aliphatic hydroxyl groups is 1. The zero-order valence-electron chi connectivity index (χ0n) is 36.1. The van der Waals surface area contributed by atoms with Crippen molar-refractivity contribution in [2.45, 2.75) is 154 Å². The van der Waals surface area contributed by atoms with Crippen LogP contribution in [0.1, 0.15) is 117 Å². The minimum atomic E-state index is -0.906. The molecule has 1 aromatic carbocycles. The third-order valence-electron chi connectivity index (χ3n) is 12.6. The molecule has 4 rings (SSSR count). The molecule has 57 heavy (non-hydrogen) atoms. The van der Waals surface area contributed by atoms with Crippen molar-refractivity contribution in [3.63, 3.8) is 0 Å². The van der Waals surface area contributed by atoms with E-state index in [9.17, 15) is 19.5 Å². The second-order valence-electron chi connectivity index (χ2n) is 17.8. The molecule has 4 N–H and O–H groups in total. The van der Waals surface area contributed by atoms with Gasteiger partial charge in [0.2, 0.25) is 17.7 Å². The van der Waals surface area contributed by atoms with Gasteiger partial charge in [0, 0.05) is 51.3 Å². The Kier molecular flexibility index (Phi) is 20.2. The highest BCUT2D eigenvalue weighted by atomic mass is 16.7. The second-order valence-corrected chi connectivity index (χ2v) is 17.8. The maximum absolute atomic E-state index is 14.5. The molecule has 0 aromatic heterocycles. The lowest BCUT2D eigenvalue weighted by Gasteiger charge is -2.41. The number of hydrogen-bond donors (Lipinski definition) is 4. The van der Waals surface area contributed by atoms with Crippen LogP contribution in [0.4, 0.5) is 0 Å². The molecular formula is C45H77N5O7. The predicted octanol–water partition coefficient (Wildman–Crippen LogP) is 5.06. The van der Waals surface area contributed by atoms with E-state index >= 15 is 0 Å². The molecule has 0 radical (unpaired) electrons. The summed E-state index contributed by atoms with van der Waals surface area (Å²) in [4.78, 5) is 46.9. The van der Waals surface area contributed by atoms with Crippen LogP contribution in [-0.2, 0) is 35.0 Å². The van der Waals surface area contributed by atoms with Crippen LogP contribution in [-0.4, -0.2) is 128 Å². The number of hydrogen-bond acceptors (Lipinski definition) is 9. The Morgan fingerprint density at radius 2 is 1.63 bits per heavy atom. The van der Waals surface area contributed by atoms with E-state index in [0.717, 1.165) is 70.0 Å². The summed E-state index contributed by atoms with van der Waals surface area (Å²) in [6, 6.07) is 8.22. The molecular weight excluding hydrogens is 723 g/mol. The van der Waals surface area contributed by atoms with Crippen molar-refractivity contribution < 1.29 is 33.7 Å². The van der Waals surface area contributed by atoms with Crippen molar-refractivity contribution in [1.29, 1.82) is 0 Å². The highest BCUT2D eigenvalue weighted by molar-refractivity contribution is 5.86. The summed E-state index contributed by atoms with van der Waals surface area (Å²) in [7, 11) is 1.61. The zero-order chi connectivity index (χ0) is 41.2. The summed E-state index contributed by atoms with van der Waals surface area (Å²) < 4.78 is 16.4. The van der Waals surface area contributed by atoms with E-state index in [1.807, 2.05) is 49.1 Å². The summed E-state index contributed by atoms with van der Waals surface area (Å²) >= 11 is 0. The highest BCUT2D eigenvalue weighted by Crippen LogP contribution is 2.30. The van der Waals surface area contributed by atoms with Gasteiger partial charge in [-0.1, -0.05) is 96.0 Å². The molecule has 2 aliphatic heterocycles. The summed E-state index contributed by atoms with van der Waals surface area (Å²) in [5.74, 6) is -0.301. The van der Waals surface area contributed by atoms with Crippen LogP contribution in [0, 0.1) is 17.8 Å². The fraction of sp³-hybridized carbons (Fsp3) is 0.800. The molecule has 2 saturated heterocycles. The number of unbranched alkanes of at least 4 members (excludes halogenated alkanes) is 1. The molecule has 5 atom stereocenters. The maximum Gasteiger partial charge on any atom is 0.240 e. The predicted molar refractivity (Wildman–Crippen MR) is 225 cm³/mol. The number of rotatable bonds is 23. The average Bonchev–Trinajstić information content (AvgIpc) is 3.22. The number of ether oxygens (including phenoxy) is 3. The topological polar surface area (TPSA) is 142 Å². The summed E-state index contributed by atoms with van der Waals surface area (Å²) in [5.41, 5.74) is 0.792. The van der Waals surface area contributed by atoms with Crippen LogP contribution in [0.15, 0.2) is 30.3 Å². The van der Waals surface area contributed by atoms with Gasteiger partial charge in [-0.2, -0.15) is 0 Å². The number of benzene rings is 1. The molecule has 0 spiro atoms. The fourth-order valence-electron chi connectivity index (χ4n) is 8.83. The normalized spacial score (nSPS) is 20.5. The molecule has 1 aliphatic carbocycles. The first-order valence-electron chi connectivity index (χ1n) is 22.2. The third-order valence-corrected chi connectivity index (χ3v) is 12.6. The first-order valence-corrected chi connectivity index (χ1v) is 22.2. The van der Waals surface area contributed by atoms with E-state index in [0.29, 0.717) is 58.0 Å². The van der Waals surface area contributed by atoms with Gasteiger partial charge in [0.25, 0.3) is 0 Å². The Morgan fingerprint density at radius 3 is 2.26 bits per heavy atom. The number of nitrogens with one attached hydrogen (secondary N) is 3. The first-order chi connectivity index (χ1) is 27.4. The quantitative estimate of drug-likeness (QED) is 0.112. The molecule has 0 bridgehead atoms. The van der Waals surface area contributed by atoms with Crippen molar-refractivity contribution in [1.82, 2.24) is 25.8 Å². The zero-order valence-corrected chi connectivity index (χ0v) is 36.1. The summed E-state index contributed by atoms with van der Waals surface area (Å²) in [6.45, 7) is 15.4. The first kappa shape index (κ1) is 47.1. The van der Waals surface area contributed by atoms with E-state index in [2.05, 4.69) is 41.6 Å². The minimum absolute atomic E-state index is 0.00230. The standard InChI is InChI=1S/C45H77N5O7/c1-7-8-19-38(47-40(29-35-17-13-10-14-18-35)44(54)49-22-20-36(21-23-49)57-32-55-6)43(53)48-39(28-34-15-11-9-12-16-34)41(51)30-37(33(2)3)42(52)46-31-45(4,5)50-24-26-56-27-25-50/h10,13-14,17-18,33-34,36-41,47,51H,7-9,11-12,15-16,19-32H2,1-6H3,(H,46,52)(H,48,53)/t37-,38-,39-,40?,41-/m0/s1. The van der Waals surface area contributed by atoms with Gasteiger partial charge in [-0.3, -0.25) is 24.6 Å². The molecule has 3 amide bonds. The molecule has 3 fully saturated rings. The third kappa shape index (κ3) is 15.5. The second kappa shape index (κ2) is 24.5. The number of aliphatic hydroxyl groups excluding tert-OH is 1. The van der Waals surface area contributed by atoms with Crippen molar-refractivity contribution in [2.24, 2.45) is 17.8 Å². The van der Waals surface area contributed by atoms with Gasteiger partial charge in [-0.25, -0.2) is 0 Å². The average molecular weight is 800 g/mol. The number of amides is 3. The SMILES string of the molecule is CCCC[C@H](NC(Cc1ccccc1)C(=O)N1CCC(OCOC)CC1)C(=O)N[C@@H](CC1CCCCC1)[C@@H](O)C[C@H](C(=O)NCC(C)(C)N1CCOCC1)C(C)C. The van der Waals surface area contributed by atoms with Crippen LogP contribution < -0.4 is 16.0 Å². The number of carbonyl (C=O) groups is 3. The molecule has 1 unspecified atom stereocenters. The van der Waals surface area contributed by atoms with Crippen LogP contribution in [0.25, 0.3) is 0 Å². The Hall–Kier alpha value is -2.61. The molecule has 12 heteroatoms. The van der Waals surface area contributed by atoms with Gasteiger partial charge in [0.15, 0.2) is 0 Å². The van der Waals surface area contributed by atoms with Crippen molar-refractivity contribution in [2.75, 3.05) is 59.8 Å². The largest absolute Gasteiger partial charge is 0.391 e. The summed E-state index contributed by atoms with van der Waals surface area (Å²) in [6.07, 6.45) is 9.91. The molecule has 3 aliphatic rings. The molecule has 2 heterocycles. The number of carbonyl (C=O) groups excluding carboxylic acids is 3. The number of nitrogens with zero attached hydrogens (tertiary/aromatic N) is 2. The van der Waals surface area contributed by atoms with Crippen LogP contribution in [0.2, 0.25) is 0 Å². The van der Waals surface area contributed by atoms with E-state index in [1.165, 1.54) is 6.42 Å². The van der Waals surface area contributed by atoms with Gasteiger partial charge in [0.1, 0.15) is 6.79 Å². The number of likely N-dealkylation sites (tertiary alicyclic amines) is 1. The minimum Gasteiger partial charge on any atom is -0.391 e. The van der Waals surface area contributed by atoms with E-state index in [-0.39, 0.29) is 48.5 Å². The maximum atomic E-state index is 14.5. The lowest BCUT2D eigenvalue weighted by molar-refractivity contribution is -0.139. The monoisotopic (exact) mass is 800 g/mol. The summed E-state index contributed by atoms with van der Waals surface area (Å²) in [5, 5.41) is 22.1. The van der Waals surface area contributed by atoms with E-state index in [4.69, 9.17) is 14.2 Å². The molecule has 1 saturated carbocycles. The van der Waals surface area contributed by atoms with Crippen LogP contribution in [0.5, 0.6) is 0 Å². The number of methoxy groups -OCH3 is 1. The van der Waals surface area contributed by atoms with Gasteiger partial charge in [-0.15, -0.1) is 0 Å². The smallest absolute Gasteiger partial charge is 0.240 e.